The van der Waals surface area contributed by atoms with Gasteiger partial charge in [0.05, 0.1) is 12.6 Å². The summed E-state index contributed by atoms with van der Waals surface area (Å²) in [5.41, 5.74) is 4.95. The van der Waals surface area contributed by atoms with Crippen molar-refractivity contribution in [2.45, 2.75) is 31.2 Å². The number of hydrogen-bond donors (Lipinski definition) is 2. The summed E-state index contributed by atoms with van der Waals surface area (Å²) in [6, 6.07) is -0.693. The maximum absolute atomic E-state index is 12.9. The zero-order chi connectivity index (χ0) is 8.32. The molecule has 0 aromatic rings. The molecule has 66 valence electrons. The monoisotopic (exact) mass is 164 g/mol. The lowest BCUT2D eigenvalue weighted by atomic mass is 9.99. The molecule has 11 heavy (non-hydrogen) atoms. The van der Waals surface area contributed by atoms with Gasteiger partial charge in [-0.3, -0.25) is 0 Å². The topological polar surface area (TPSA) is 38.0 Å². The van der Waals surface area contributed by atoms with Gasteiger partial charge in [0.15, 0.2) is 0 Å². The van der Waals surface area contributed by atoms with Gasteiger partial charge >= 0.3 is 0 Å². The number of hydrogen-bond acceptors (Lipinski definition) is 2. The average molecular weight is 164 g/mol. The number of alkyl halides is 2. The van der Waals surface area contributed by atoms with Crippen LogP contribution in [-0.4, -0.2) is 25.1 Å². The summed E-state index contributed by atoms with van der Waals surface area (Å²) in [5.74, 6) is -2.72. The quantitative estimate of drug-likeness (QED) is 0.631. The van der Waals surface area contributed by atoms with Crippen molar-refractivity contribution in [3.05, 3.63) is 0 Å². The number of nitrogens with two attached hydrogens (primary N) is 1. The Balaban J connectivity index is 2.43. The Hall–Kier alpha value is -0.220. The van der Waals surface area contributed by atoms with E-state index in [2.05, 4.69) is 5.32 Å². The van der Waals surface area contributed by atoms with Crippen LogP contribution >= 0.6 is 0 Å². The molecule has 0 aliphatic carbocycles. The summed E-state index contributed by atoms with van der Waals surface area (Å²) < 4.78 is 25.7. The zero-order valence-corrected chi connectivity index (χ0v) is 6.45. The molecule has 2 nitrogen and oxygen atoms in total. The molecule has 3 N–H and O–H groups in total. The molecule has 1 aliphatic rings. The van der Waals surface area contributed by atoms with E-state index in [0.29, 0.717) is 13.0 Å². The second-order valence-corrected chi connectivity index (χ2v) is 2.97. The first kappa shape index (κ1) is 8.87. The van der Waals surface area contributed by atoms with Crippen molar-refractivity contribution in [1.82, 2.24) is 5.32 Å². The minimum absolute atomic E-state index is 0.546. The van der Waals surface area contributed by atoms with E-state index in [1.54, 1.807) is 0 Å². The molecule has 0 saturated carbocycles. The molecule has 0 aromatic carbocycles. The van der Waals surface area contributed by atoms with Gasteiger partial charge in [-0.25, -0.2) is 8.78 Å². The summed E-state index contributed by atoms with van der Waals surface area (Å²) in [4.78, 5) is 0. The largest absolute Gasteiger partial charge is 0.325 e. The maximum atomic E-state index is 12.9. The van der Waals surface area contributed by atoms with Crippen LogP contribution in [0.25, 0.3) is 0 Å². The lowest BCUT2D eigenvalue weighted by Crippen LogP contribution is -2.51. The van der Waals surface area contributed by atoms with Crippen LogP contribution in [0.15, 0.2) is 0 Å². The summed E-state index contributed by atoms with van der Waals surface area (Å²) in [6.07, 6.45) is 2.43. The second-order valence-electron chi connectivity index (χ2n) is 2.97. The Labute approximate surface area is 65.1 Å². The van der Waals surface area contributed by atoms with E-state index in [1.807, 2.05) is 0 Å². The Morgan fingerprint density at radius 3 is 2.64 bits per heavy atom. The SMILES string of the molecule is NCC(F)(F)C1CCCCN1. The molecule has 0 radical (unpaired) electrons. The van der Waals surface area contributed by atoms with Crippen molar-refractivity contribution < 1.29 is 8.78 Å². The van der Waals surface area contributed by atoms with Crippen LogP contribution in [-0.2, 0) is 0 Å². The van der Waals surface area contributed by atoms with Crippen LogP contribution < -0.4 is 11.1 Å². The van der Waals surface area contributed by atoms with Crippen molar-refractivity contribution in [3.8, 4) is 0 Å². The number of nitrogens with one attached hydrogen (secondary N) is 1. The fourth-order valence-corrected chi connectivity index (χ4v) is 1.35. The third-order valence-corrected chi connectivity index (χ3v) is 2.09. The summed E-state index contributed by atoms with van der Waals surface area (Å²) in [5, 5.41) is 2.78. The molecular weight excluding hydrogens is 150 g/mol. The molecule has 0 amide bonds. The van der Waals surface area contributed by atoms with Crippen LogP contribution in [0, 0.1) is 0 Å². The normalized spacial score (nSPS) is 27.0. The molecule has 1 saturated heterocycles. The van der Waals surface area contributed by atoms with E-state index >= 15 is 0 Å². The molecule has 1 aliphatic heterocycles. The summed E-state index contributed by atoms with van der Waals surface area (Å²) >= 11 is 0. The second kappa shape index (κ2) is 3.45. The Morgan fingerprint density at radius 1 is 1.45 bits per heavy atom. The van der Waals surface area contributed by atoms with Crippen LogP contribution in [0.1, 0.15) is 19.3 Å². The molecule has 1 unspecified atom stereocenters. The highest BCUT2D eigenvalue weighted by atomic mass is 19.3. The van der Waals surface area contributed by atoms with E-state index in [-0.39, 0.29) is 0 Å². The molecule has 1 heterocycles. The Morgan fingerprint density at radius 2 is 2.18 bits per heavy atom. The van der Waals surface area contributed by atoms with Gasteiger partial charge in [0, 0.05) is 0 Å². The smallest absolute Gasteiger partial charge is 0.275 e. The van der Waals surface area contributed by atoms with Crippen molar-refractivity contribution in [2.24, 2.45) is 5.73 Å². The van der Waals surface area contributed by atoms with Crippen molar-refractivity contribution >= 4 is 0 Å². The van der Waals surface area contributed by atoms with E-state index in [9.17, 15) is 8.78 Å². The van der Waals surface area contributed by atoms with Gasteiger partial charge in [-0.15, -0.1) is 0 Å². The lowest BCUT2D eigenvalue weighted by molar-refractivity contribution is -0.0356. The number of halogens is 2. The molecule has 0 spiro atoms. The van der Waals surface area contributed by atoms with Gasteiger partial charge in [-0.05, 0) is 19.4 Å². The van der Waals surface area contributed by atoms with Gasteiger partial charge in [0.1, 0.15) is 0 Å². The first-order valence-electron chi connectivity index (χ1n) is 3.98. The first-order valence-corrected chi connectivity index (χ1v) is 3.98. The van der Waals surface area contributed by atoms with Gasteiger partial charge in [-0.1, -0.05) is 6.42 Å². The van der Waals surface area contributed by atoms with Crippen molar-refractivity contribution in [1.29, 1.82) is 0 Å². The Bertz CT molecular complexity index is 122. The van der Waals surface area contributed by atoms with E-state index in [1.165, 1.54) is 0 Å². The van der Waals surface area contributed by atoms with Crippen LogP contribution in [0.4, 0.5) is 8.78 Å². The van der Waals surface area contributed by atoms with Gasteiger partial charge in [0.2, 0.25) is 0 Å². The predicted molar refractivity (Wildman–Crippen MR) is 39.6 cm³/mol. The van der Waals surface area contributed by atoms with Gasteiger partial charge < -0.3 is 11.1 Å². The summed E-state index contributed by atoms with van der Waals surface area (Å²) in [6.45, 7) is 0.144. The number of piperidine rings is 1. The molecule has 1 rings (SSSR count). The van der Waals surface area contributed by atoms with E-state index < -0.39 is 18.5 Å². The molecule has 1 atom stereocenters. The first-order chi connectivity index (χ1) is 5.17. The van der Waals surface area contributed by atoms with E-state index in [0.717, 1.165) is 12.8 Å². The molecular formula is C7H14F2N2. The third-order valence-electron chi connectivity index (χ3n) is 2.09. The molecule has 0 bridgehead atoms. The van der Waals surface area contributed by atoms with Gasteiger partial charge in [-0.2, -0.15) is 0 Å². The van der Waals surface area contributed by atoms with E-state index in [4.69, 9.17) is 5.73 Å². The highest BCUT2D eigenvalue weighted by molar-refractivity contribution is 4.86. The van der Waals surface area contributed by atoms with Crippen molar-refractivity contribution in [2.75, 3.05) is 13.1 Å². The zero-order valence-electron chi connectivity index (χ0n) is 6.45. The Kier molecular flexibility index (Phi) is 2.78. The summed E-state index contributed by atoms with van der Waals surface area (Å²) in [7, 11) is 0. The number of rotatable bonds is 2. The standard InChI is InChI=1S/C7H14F2N2/c8-7(9,5-10)6-3-1-2-4-11-6/h6,11H,1-5,10H2. The predicted octanol–water partition coefficient (Wildman–Crippen LogP) is 0.722. The fourth-order valence-electron chi connectivity index (χ4n) is 1.35. The van der Waals surface area contributed by atoms with Crippen LogP contribution in [0.2, 0.25) is 0 Å². The van der Waals surface area contributed by atoms with Gasteiger partial charge in [0.25, 0.3) is 5.92 Å². The van der Waals surface area contributed by atoms with Crippen LogP contribution in [0.5, 0.6) is 0 Å². The third kappa shape index (κ3) is 2.10. The molecule has 4 heteroatoms. The molecule has 0 aromatic heterocycles. The highest BCUT2D eigenvalue weighted by Crippen LogP contribution is 2.23. The average Bonchev–Trinajstić information content (AvgIpc) is 2.06. The van der Waals surface area contributed by atoms with Crippen molar-refractivity contribution in [3.63, 3.8) is 0 Å². The lowest BCUT2D eigenvalue weighted by Gasteiger charge is -2.29. The molecule has 1 fully saturated rings. The minimum atomic E-state index is -2.72. The highest BCUT2D eigenvalue weighted by Gasteiger charge is 2.38. The van der Waals surface area contributed by atoms with Crippen LogP contribution in [0.3, 0.4) is 0 Å². The minimum Gasteiger partial charge on any atom is -0.325 e. The fraction of sp³-hybridized carbons (Fsp3) is 1.00. The maximum Gasteiger partial charge on any atom is 0.275 e.